The van der Waals surface area contributed by atoms with Crippen LogP contribution in [0.3, 0.4) is 0 Å². The van der Waals surface area contributed by atoms with Gasteiger partial charge in [0.2, 0.25) is 5.88 Å². The second-order valence-corrected chi connectivity index (χ2v) is 6.84. The molecule has 126 valence electrons. The molecule has 0 bridgehead atoms. The Morgan fingerprint density at radius 3 is 2.88 bits per heavy atom. The van der Waals surface area contributed by atoms with Crippen molar-refractivity contribution < 1.29 is 9.53 Å². The third-order valence-corrected chi connectivity index (χ3v) is 4.28. The quantitative estimate of drug-likeness (QED) is 0.805. The second-order valence-electron chi connectivity index (χ2n) is 5.92. The predicted molar refractivity (Wildman–Crippen MR) is 93.0 cm³/mol. The van der Waals surface area contributed by atoms with Crippen LogP contribution in [-0.4, -0.2) is 45.0 Å². The van der Waals surface area contributed by atoms with Crippen LogP contribution in [0.1, 0.15) is 34.7 Å². The van der Waals surface area contributed by atoms with Crippen LogP contribution >= 0.6 is 15.9 Å². The van der Waals surface area contributed by atoms with Crippen LogP contribution in [0.4, 0.5) is 0 Å². The minimum atomic E-state index is -0.0588. The lowest BCUT2D eigenvalue weighted by Crippen LogP contribution is -2.44. The molecular weight excluding hydrogens is 372 g/mol. The number of likely N-dealkylation sites (tertiary alicyclic amines) is 1. The van der Waals surface area contributed by atoms with E-state index in [1.165, 1.54) is 0 Å². The molecule has 1 aliphatic heterocycles. The molecular formula is C17H19BrN4O2. The van der Waals surface area contributed by atoms with E-state index in [0.29, 0.717) is 23.8 Å². The number of pyridine rings is 1. The molecule has 7 heteroatoms. The molecule has 1 unspecified atom stereocenters. The molecule has 2 aromatic rings. The highest BCUT2D eigenvalue weighted by molar-refractivity contribution is 9.10. The van der Waals surface area contributed by atoms with Crippen molar-refractivity contribution in [3.8, 4) is 5.88 Å². The number of aryl methyl sites for hydroxylation is 2. The highest BCUT2D eigenvalue weighted by Gasteiger charge is 2.26. The summed E-state index contributed by atoms with van der Waals surface area (Å²) < 4.78 is 6.78. The second kappa shape index (κ2) is 7.25. The Hall–Kier alpha value is -2.02. The van der Waals surface area contributed by atoms with Crippen LogP contribution in [0, 0.1) is 13.8 Å². The van der Waals surface area contributed by atoms with Crippen LogP contribution in [0.15, 0.2) is 29.0 Å². The van der Waals surface area contributed by atoms with Gasteiger partial charge in [0.05, 0.1) is 12.1 Å². The van der Waals surface area contributed by atoms with Gasteiger partial charge in [0.1, 0.15) is 11.9 Å². The van der Waals surface area contributed by atoms with E-state index in [1.807, 2.05) is 24.8 Å². The maximum atomic E-state index is 12.6. The standard InChI is InChI=1S/C17H19BrN4O2/c1-11-6-16(21-12(2)20-11)24-15-4-3-5-22(10-15)17(23)13-7-14(18)9-19-8-13/h6-9,15H,3-5,10H2,1-2H3. The van der Waals surface area contributed by atoms with Gasteiger partial charge in [0.25, 0.3) is 5.91 Å². The summed E-state index contributed by atoms with van der Waals surface area (Å²) in [5.41, 5.74) is 1.46. The number of carbonyl (C=O) groups excluding carboxylic acids is 1. The monoisotopic (exact) mass is 390 g/mol. The largest absolute Gasteiger partial charge is 0.472 e. The van der Waals surface area contributed by atoms with Gasteiger partial charge in [-0.2, -0.15) is 4.98 Å². The smallest absolute Gasteiger partial charge is 0.255 e. The Morgan fingerprint density at radius 1 is 1.29 bits per heavy atom. The Morgan fingerprint density at radius 2 is 2.12 bits per heavy atom. The zero-order chi connectivity index (χ0) is 17.1. The summed E-state index contributed by atoms with van der Waals surface area (Å²) in [6.45, 7) is 5.04. The fraction of sp³-hybridized carbons (Fsp3) is 0.412. The van der Waals surface area contributed by atoms with Gasteiger partial charge in [-0.3, -0.25) is 9.78 Å². The Bertz CT molecular complexity index is 733. The highest BCUT2D eigenvalue weighted by Crippen LogP contribution is 2.20. The van der Waals surface area contributed by atoms with Gasteiger partial charge < -0.3 is 9.64 Å². The Kier molecular flexibility index (Phi) is 5.08. The predicted octanol–water partition coefficient (Wildman–Crippen LogP) is 2.93. The summed E-state index contributed by atoms with van der Waals surface area (Å²) in [4.78, 5) is 27.1. The number of aromatic nitrogens is 3. The lowest BCUT2D eigenvalue weighted by Gasteiger charge is -2.32. The maximum Gasteiger partial charge on any atom is 0.255 e. The number of amides is 1. The number of hydrogen-bond acceptors (Lipinski definition) is 5. The van der Waals surface area contributed by atoms with Crippen molar-refractivity contribution in [1.29, 1.82) is 0 Å². The van der Waals surface area contributed by atoms with Gasteiger partial charge in [-0.05, 0) is 48.7 Å². The number of hydrogen-bond donors (Lipinski definition) is 0. The number of rotatable bonds is 3. The summed E-state index contributed by atoms with van der Waals surface area (Å²) in [5.74, 6) is 1.24. The van der Waals surface area contributed by atoms with Crippen LogP contribution in [0.2, 0.25) is 0 Å². The first kappa shape index (κ1) is 16.8. The molecule has 24 heavy (non-hydrogen) atoms. The van der Waals surface area contributed by atoms with E-state index < -0.39 is 0 Å². The van der Waals surface area contributed by atoms with Crippen molar-refractivity contribution in [2.45, 2.75) is 32.8 Å². The minimum Gasteiger partial charge on any atom is -0.472 e. The zero-order valence-corrected chi connectivity index (χ0v) is 15.3. The summed E-state index contributed by atoms with van der Waals surface area (Å²) in [6, 6.07) is 3.61. The van der Waals surface area contributed by atoms with Crippen molar-refractivity contribution in [2.75, 3.05) is 13.1 Å². The molecule has 3 heterocycles. The topological polar surface area (TPSA) is 68.2 Å². The van der Waals surface area contributed by atoms with Gasteiger partial charge in [-0.15, -0.1) is 0 Å². The first-order chi connectivity index (χ1) is 11.5. The van der Waals surface area contributed by atoms with E-state index >= 15 is 0 Å². The van der Waals surface area contributed by atoms with Crippen molar-refractivity contribution >= 4 is 21.8 Å². The molecule has 1 amide bonds. The highest BCUT2D eigenvalue weighted by atomic mass is 79.9. The van der Waals surface area contributed by atoms with E-state index in [9.17, 15) is 4.79 Å². The number of ether oxygens (including phenoxy) is 1. The van der Waals surface area contributed by atoms with Crippen molar-refractivity contribution in [3.63, 3.8) is 0 Å². The van der Waals surface area contributed by atoms with E-state index in [1.54, 1.807) is 18.5 Å². The fourth-order valence-corrected chi connectivity index (χ4v) is 3.21. The van der Waals surface area contributed by atoms with Crippen LogP contribution < -0.4 is 4.74 Å². The molecule has 0 aromatic carbocycles. The molecule has 0 N–H and O–H groups in total. The first-order valence-electron chi connectivity index (χ1n) is 7.90. The first-order valence-corrected chi connectivity index (χ1v) is 8.69. The van der Waals surface area contributed by atoms with E-state index in [4.69, 9.17) is 4.74 Å². The van der Waals surface area contributed by atoms with Gasteiger partial charge in [-0.1, -0.05) is 0 Å². The molecule has 0 spiro atoms. The summed E-state index contributed by atoms with van der Waals surface area (Å²) in [5, 5.41) is 0. The number of carbonyl (C=O) groups is 1. The molecule has 1 fully saturated rings. The third kappa shape index (κ3) is 4.08. The normalized spacial score (nSPS) is 17.6. The van der Waals surface area contributed by atoms with Crippen molar-refractivity contribution in [2.24, 2.45) is 0 Å². The van der Waals surface area contributed by atoms with Crippen molar-refractivity contribution in [1.82, 2.24) is 19.9 Å². The van der Waals surface area contributed by atoms with E-state index in [-0.39, 0.29) is 12.0 Å². The molecule has 1 saturated heterocycles. The van der Waals surface area contributed by atoms with Crippen LogP contribution in [-0.2, 0) is 0 Å². The van der Waals surface area contributed by atoms with Gasteiger partial charge in [-0.25, -0.2) is 4.98 Å². The summed E-state index contributed by atoms with van der Waals surface area (Å²) >= 11 is 3.35. The third-order valence-electron chi connectivity index (χ3n) is 3.85. The molecule has 1 atom stereocenters. The lowest BCUT2D eigenvalue weighted by molar-refractivity contribution is 0.0526. The van der Waals surface area contributed by atoms with Gasteiger partial charge in [0, 0.05) is 35.2 Å². The number of piperidine rings is 1. The molecule has 6 nitrogen and oxygen atoms in total. The molecule has 2 aromatic heterocycles. The molecule has 0 aliphatic carbocycles. The minimum absolute atomic E-state index is 0.0212. The zero-order valence-electron chi connectivity index (χ0n) is 13.7. The number of nitrogens with zero attached hydrogens (tertiary/aromatic N) is 4. The average Bonchev–Trinajstić information content (AvgIpc) is 2.53. The molecule has 0 radical (unpaired) electrons. The van der Waals surface area contributed by atoms with Gasteiger partial charge >= 0.3 is 0 Å². The molecule has 0 saturated carbocycles. The molecule has 1 aliphatic rings. The maximum absolute atomic E-state index is 12.6. The lowest BCUT2D eigenvalue weighted by atomic mass is 10.1. The summed E-state index contributed by atoms with van der Waals surface area (Å²) in [6.07, 6.45) is 5.01. The van der Waals surface area contributed by atoms with E-state index in [0.717, 1.165) is 29.6 Å². The molecule has 3 rings (SSSR count). The van der Waals surface area contributed by atoms with Crippen molar-refractivity contribution in [3.05, 3.63) is 46.1 Å². The van der Waals surface area contributed by atoms with Crippen LogP contribution in [0.25, 0.3) is 0 Å². The van der Waals surface area contributed by atoms with E-state index in [2.05, 4.69) is 30.9 Å². The number of halogens is 1. The Labute approximate surface area is 149 Å². The van der Waals surface area contributed by atoms with Gasteiger partial charge in [0.15, 0.2) is 0 Å². The van der Waals surface area contributed by atoms with Crippen LogP contribution in [0.5, 0.6) is 5.88 Å². The Balaban J connectivity index is 1.69. The SMILES string of the molecule is Cc1cc(OC2CCCN(C(=O)c3cncc(Br)c3)C2)nc(C)n1. The summed E-state index contributed by atoms with van der Waals surface area (Å²) in [7, 11) is 0. The fourth-order valence-electron chi connectivity index (χ4n) is 2.84. The average molecular weight is 391 g/mol.